The van der Waals surface area contributed by atoms with E-state index in [1.165, 1.54) is 36.1 Å². The van der Waals surface area contributed by atoms with Gasteiger partial charge in [0.25, 0.3) is 5.91 Å². The van der Waals surface area contributed by atoms with E-state index in [1.807, 2.05) is 25.1 Å². The first kappa shape index (κ1) is 24.1. The number of amides is 1. The van der Waals surface area contributed by atoms with Crippen LogP contribution in [0.1, 0.15) is 91.4 Å². The molecular formula is C30H38N2O2. The number of rotatable bonds is 9. The molecule has 0 aliphatic carbocycles. The molecule has 0 saturated carbocycles. The van der Waals surface area contributed by atoms with Crippen LogP contribution in [0.2, 0.25) is 0 Å². The summed E-state index contributed by atoms with van der Waals surface area (Å²) in [6.45, 7) is 10.1. The first-order valence-corrected chi connectivity index (χ1v) is 12.9. The van der Waals surface area contributed by atoms with E-state index in [2.05, 4.69) is 73.5 Å². The van der Waals surface area contributed by atoms with E-state index >= 15 is 0 Å². The Morgan fingerprint density at radius 2 is 1.82 bits per heavy atom. The van der Waals surface area contributed by atoms with Crippen molar-refractivity contribution in [3.8, 4) is 0 Å². The molecule has 4 nitrogen and oxygen atoms in total. The van der Waals surface area contributed by atoms with Gasteiger partial charge < -0.3 is 14.6 Å². The molecule has 3 unspecified atom stereocenters. The van der Waals surface area contributed by atoms with Crippen LogP contribution in [0, 0.1) is 12.8 Å². The maximum Gasteiger partial charge on any atom is 0.251 e. The minimum atomic E-state index is -0.0509. The van der Waals surface area contributed by atoms with Gasteiger partial charge in [-0.1, -0.05) is 57.0 Å². The minimum absolute atomic E-state index is 0.0509. The molecule has 0 bridgehead atoms. The van der Waals surface area contributed by atoms with Crippen molar-refractivity contribution in [2.75, 3.05) is 11.4 Å². The number of hydrogen-bond donors (Lipinski definition) is 1. The van der Waals surface area contributed by atoms with Gasteiger partial charge in [-0.15, -0.1) is 0 Å². The molecular weight excluding hydrogens is 420 g/mol. The molecule has 0 spiro atoms. The molecule has 0 radical (unpaired) electrons. The van der Waals surface area contributed by atoms with Crippen molar-refractivity contribution in [2.24, 2.45) is 5.92 Å². The Balaban J connectivity index is 1.68. The van der Waals surface area contributed by atoms with Crippen LogP contribution >= 0.6 is 0 Å². The van der Waals surface area contributed by atoms with Crippen molar-refractivity contribution < 1.29 is 9.21 Å². The summed E-state index contributed by atoms with van der Waals surface area (Å²) in [7, 11) is 0. The van der Waals surface area contributed by atoms with Crippen LogP contribution in [0.25, 0.3) is 0 Å². The standard InChI is InChI=1S/C30H38N2O2/c1-5-8-14-26-25(6-2)27-19-23(30(33)31-20-24-17-15-21(4)34-24)16-18-28(27)32(7-3)29(26)22-12-10-9-11-13-22/h9-13,15-19,25-26,29H,5-8,14,20H2,1-4H3,(H,31,33). The Hall–Kier alpha value is -3.01. The zero-order valence-electron chi connectivity index (χ0n) is 21.0. The van der Waals surface area contributed by atoms with Crippen LogP contribution in [-0.4, -0.2) is 12.5 Å². The Labute approximate surface area is 204 Å². The van der Waals surface area contributed by atoms with Crippen molar-refractivity contribution in [3.05, 3.63) is 88.9 Å². The third-order valence-electron chi connectivity index (χ3n) is 7.29. The quantitative estimate of drug-likeness (QED) is 0.363. The number of aryl methyl sites for hydroxylation is 1. The number of nitrogens with one attached hydrogen (secondary N) is 1. The predicted molar refractivity (Wildman–Crippen MR) is 139 cm³/mol. The molecule has 2 aromatic carbocycles. The van der Waals surface area contributed by atoms with Crippen molar-refractivity contribution in [2.45, 2.75) is 71.9 Å². The molecule has 1 N–H and O–H groups in total. The summed E-state index contributed by atoms with van der Waals surface area (Å²) in [4.78, 5) is 15.6. The molecule has 1 aliphatic heterocycles. The molecule has 180 valence electrons. The van der Waals surface area contributed by atoms with Crippen molar-refractivity contribution >= 4 is 11.6 Å². The van der Waals surface area contributed by atoms with Crippen LogP contribution in [0.3, 0.4) is 0 Å². The van der Waals surface area contributed by atoms with E-state index < -0.39 is 0 Å². The maximum atomic E-state index is 13.0. The van der Waals surface area contributed by atoms with Gasteiger partial charge in [-0.25, -0.2) is 0 Å². The SMILES string of the molecule is CCCCC1C(CC)c2cc(C(=O)NCc3ccc(C)o3)ccc2N(CC)C1c1ccccc1. The number of hydrogen-bond acceptors (Lipinski definition) is 3. The van der Waals surface area contributed by atoms with E-state index in [1.54, 1.807) is 0 Å². The van der Waals surface area contributed by atoms with Crippen LogP contribution < -0.4 is 10.2 Å². The molecule has 4 heteroatoms. The number of fused-ring (bicyclic) bond motifs is 1. The minimum Gasteiger partial charge on any atom is -0.465 e. The first-order valence-electron chi connectivity index (χ1n) is 12.9. The number of anilines is 1. The molecule has 3 aromatic rings. The van der Waals surface area contributed by atoms with Crippen LogP contribution in [0.5, 0.6) is 0 Å². The van der Waals surface area contributed by atoms with Gasteiger partial charge in [-0.2, -0.15) is 0 Å². The van der Waals surface area contributed by atoms with E-state index in [-0.39, 0.29) is 5.91 Å². The van der Waals surface area contributed by atoms with Crippen LogP contribution in [-0.2, 0) is 6.54 Å². The number of carbonyl (C=O) groups excluding carboxylic acids is 1. The summed E-state index contributed by atoms with van der Waals surface area (Å²) in [5, 5.41) is 3.03. The third-order valence-corrected chi connectivity index (χ3v) is 7.29. The fraction of sp³-hybridized carbons (Fsp3) is 0.433. The van der Waals surface area contributed by atoms with Crippen molar-refractivity contribution in [1.29, 1.82) is 0 Å². The lowest BCUT2D eigenvalue weighted by Crippen LogP contribution is -2.41. The van der Waals surface area contributed by atoms with Gasteiger partial charge in [0.2, 0.25) is 0 Å². The lowest BCUT2D eigenvalue weighted by Gasteiger charge is -2.48. The zero-order valence-corrected chi connectivity index (χ0v) is 21.0. The highest BCUT2D eigenvalue weighted by Gasteiger charge is 2.40. The Kier molecular flexibility index (Phi) is 7.77. The lowest BCUT2D eigenvalue weighted by molar-refractivity contribution is 0.0947. The molecule has 1 amide bonds. The zero-order chi connectivity index (χ0) is 24.1. The average molecular weight is 459 g/mol. The highest BCUT2D eigenvalue weighted by Crippen LogP contribution is 2.51. The fourth-order valence-corrected chi connectivity index (χ4v) is 5.70. The Bertz CT molecular complexity index is 1090. The van der Waals surface area contributed by atoms with E-state index in [0.29, 0.717) is 24.4 Å². The lowest BCUT2D eigenvalue weighted by atomic mass is 9.70. The number of unbranched alkanes of at least 4 members (excludes halogenated alkanes) is 1. The molecule has 3 atom stereocenters. The summed E-state index contributed by atoms with van der Waals surface area (Å²) in [5.41, 5.74) is 4.71. The van der Waals surface area contributed by atoms with E-state index in [4.69, 9.17) is 4.42 Å². The second kappa shape index (κ2) is 10.9. The Morgan fingerprint density at radius 3 is 2.47 bits per heavy atom. The van der Waals surface area contributed by atoms with E-state index in [0.717, 1.165) is 30.0 Å². The van der Waals surface area contributed by atoms with Gasteiger partial charge in [-0.3, -0.25) is 4.79 Å². The van der Waals surface area contributed by atoms with Crippen LogP contribution in [0.4, 0.5) is 5.69 Å². The average Bonchev–Trinajstić information content (AvgIpc) is 3.29. The predicted octanol–water partition coefficient (Wildman–Crippen LogP) is 7.40. The van der Waals surface area contributed by atoms with Gasteiger partial charge in [0.15, 0.2) is 0 Å². The molecule has 0 saturated heterocycles. The summed E-state index contributed by atoms with van der Waals surface area (Å²) < 4.78 is 5.61. The molecule has 1 aromatic heterocycles. The van der Waals surface area contributed by atoms with Gasteiger partial charge in [0.05, 0.1) is 12.6 Å². The topological polar surface area (TPSA) is 45.5 Å². The van der Waals surface area contributed by atoms with Gasteiger partial charge in [-0.05, 0) is 80.0 Å². The summed E-state index contributed by atoms with van der Waals surface area (Å²) >= 11 is 0. The summed E-state index contributed by atoms with van der Waals surface area (Å²) in [5.74, 6) is 2.52. The number of carbonyl (C=O) groups is 1. The number of benzene rings is 2. The van der Waals surface area contributed by atoms with Crippen molar-refractivity contribution in [1.82, 2.24) is 5.32 Å². The van der Waals surface area contributed by atoms with Gasteiger partial charge in [0.1, 0.15) is 11.5 Å². The fourth-order valence-electron chi connectivity index (χ4n) is 5.70. The number of nitrogens with zero attached hydrogens (tertiary/aromatic N) is 1. The molecule has 0 fully saturated rings. The highest BCUT2D eigenvalue weighted by molar-refractivity contribution is 5.95. The molecule has 1 aliphatic rings. The van der Waals surface area contributed by atoms with Gasteiger partial charge in [0, 0.05) is 17.8 Å². The molecule has 34 heavy (non-hydrogen) atoms. The third kappa shape index (κ3) is 4.91. The monoisotopic (exact) mass is 458 g/mol. The second-order valence-electron chi connectivity index (χ2n) is 9.43. The second-order valence-corrected chi connectivity index (χ2v) is 9.43. The maximum absolute atomic E-state index is 13.0. The highest BCUT2D eigenvalue weighted by atomic mass is 16.3. The molecule has 4 rings (SSSR count). The number of furan rings is 1. The largest absolute Gasteiger partial charge is 0.465 e. The molecule has 2 heterocycles. The van der Waals surface area contributed by atoms with Gasteiger partial charge >= 0.3 is 0 Å². The first-order chi connectivity index (χ1) is 16.6. The smallest absolute Gasteiger partial charge is 0.251 e. The van der Waals surface area contributed by atoms with E-state index in [9.17, 15) is 4.79 Å². The normalized spacial score (nSPS) is 19.6. The summed E-state index contributed by atoms with van der Waals surface area (Å²) in [6, 6.07) is 21.5. The Morgan fingerprint density at radius 1 is 1.03 bits per heavy atom. The summed E-state index contributed by atoms with van der Waals surface area (Å²) in [6.07, 6.45) is 4.68. The van der Waals surface area contributed by atoms with Crippen molar-refractivity contribution in [3.63, 3.8) is 0 Å². The van der Waals surface area contributed by atoms with Crippen LogP contribution in [0.15, 0.2) is 65.1 Å².